The van der Waals surface area contributed by atoms with Crippen LogP contribution in [-0.2, 0) is 16.1 Å². The number of nitrogens with one attached hydrogen (secondary N) is 2. The first kappa shape index (κ1) is 21.6. The summed E-state index contributed by atoms with van der Waals surface area (Å²) in [5, 5.41) is 4.56. The number of hydrogen-bond donors (Lipinski definition) is 2. The van der Waals surface area contributed by atoms with Crippen LogP contribution in [0.25, 0.3) is 0 Å². The lowest BCUT2D eigenvalue weighted by Crippen LogP contribution is -2.28. The number of aromatic nitrogens is 1. The van der Waals surface area contributed by atoms with E-state index >= 15 is 0 Å². The number of pyridine rings is 1. The largest absolute Gasteiger partial charge is 0.355 e. The third kappa shape index (κ3) is 5.48. The summed E-state index contributed by atoms with van der Waals surface area (Å²) in [5.41, 5.74) is -1.28. The Labute approximate surface area is 173 Å². The Hall–Kier alpha value is -2.12. The first-order chi connectivity index (χ1) is 13.7. The van der Waals surface area contributed by atoms with Crippen molar-refractivity contribution in [2.24, 2.45) is 11.8 Å². The second-order valence-electron chi connectivity index (χ2n) is 6.73. The van der Waals surface area contributed by atoms with Crippen molar-refractivity contribution < 1.29 is 22.8 Å². The number of halogens is 4. The molecule has 2 saturated heterocycles. The van der Waals surface area contributed by atoms with Crippen molar-refractivity contribution in [2.75, 3.05) is 11.9 Å². The molecule has 3 rings (SSSR count). The van der Waals surface area contributed by atoms with Crippen molar-refractivity contribution in [2.45, 2.75) is 35.8 Å². The zero-order valence-electron chi connectivity index (χ0n) is 15.0. The third-order valence-corrected chi connectivity index (χ3v) is 6.40. The van der Waals surface area contributed by atoms with Crippen LogP contribution in [0.5, 0.6) is 0 Å². The lowest BCUT2D eigenvalue weighted by molar-refractivity contribution is -0.119. The van der Waals surface area contributed by atoms with Gasteiger partial charge in [0.25, 0.3) is 12.0 Å². The van der Waals surface area contributed by atoms with Crippen LogP contribution in [0.2, 0.25) is 0 Å². The summed E-state index contributed by atoms with van der Waals surface area (Å²) < 4.78 is 38.9. The van der Waals surface area contributed by atoms with E-state index in [1.807, 2.05) is 0 Å². The molecule has 29 heavy (non-hydrogen) atoms. The van der Waals surface area contributed by atoms with Gasteiger partial charge in [-0.15, -0.1) is 23.4 Å². The predicted molar refractivity (Wildman–Crippen MR) is 103 cm³/mol. The molecule has 2 fully saturated rings. The van der Waals surface area contributed by atoms with Gasteiger partial charge in [0.15, 0.2) is 5.82 Å². The smallest absolute Gasteiger partial charge is 0.286 e. The van der Waals surface area contributed by atoms with Gasteiger partial charge in [-0.1, -0.05) is 11.8 Å². The summed E-state index contributed by atoms with van der Waals surface area (Å²) in [6.07, 6.45) is -1.17. The van der Waals surface area contributed by atoms with Crippen molar-refractivity contribution >= 4 is 40.9 Å². The highest BCUT2D eigenvalue weighted by molar-refractivity contribution is 8.02. The zero-order chi connectivity index (χ0) is 21.1. The average Bonchev–Trinajstić information content (AvgIpc) is 3.22. The highest BCUT2D eigenvalue weighted by Gasteiger charge is 2.37. The minimum atomic E-state index is -2.84. The van der Waals surface area contributed by atoms with E-state index in [-0.39, 0.29) is 23.4 Å². The number of hydrogen-bond acceptors (Lipinski definition) is 4. The SMILES string of the molecule is O=C1CC(C#CC2CC(C(=O)Nc3cc(F)c(=O)n(CC(F)F)c3)SC2Cl)CN1. The van der Waals surface area contributed by atoms with Crippen LogP contribution in [-0.4, -0.2) is 39.3 Å². The van der Waals surface area contributed by atoms with E-state index in [0.29, 0.717) is 24.0 Å². The highest BCUT2D eigenvalue weighted by Crippen LogP contribution is 2.41. The van der Waals surface area contributed by atoms with Crippen LogP contribution in [0, 0.1) is 29.5 Å². The standard InChI is InChI=1S/C18H17ClF3N3O3S/c19-16-10(2-1-9-3-15(26)23-6-9)4-13(29-16)17(27)24-11-5-12(20)18(28)25(7-11)8-14(21)22/h5,7,9-10,13-14,16H,3-4,6,8H2,(H,23,26)(H,24,27). The zero-order valence-corrected chi connectivity index (χ0v) is 16.5. The molecule has 1 aromatic heterocycles. The van der Waals surface area contributed by atoms with E-state index in [1.54, 1.807) is 0 Å². The van der Waals surface area contributed by atoms with Gasteiger partial charge in [-0.3, -0.25) is 14.4 Å². The minimum Gasteiger partial charge on any atom is -0.355 e. The predicted octanol–water partition coefficient (Wildman–Crippen LogP) is 2.02. The average molecular weight is 448 g/mol. The summed E-state index contributed by atoms with van der Waals surface area (Å²) in [6.45, 7) is -0.486. The molecule has 11 heteroatoms. The van der Waals surface area contributed by atoms with Crippen molar-refractivity contribution in [3.63, 3.8) is 0 Å². The Morgan fingerprint density at radius 3 is 2.83 bits per heavy atom. The summed E-state index contributed by atoms with van der Waals surface area (Å²) in [7, 11) is 0. The Morgan fingerprint density at radius 1 is 1.41 bits per heavy atom. The number of thioether (sulfide) groups is 1. The fraction of sp³-hybridized carbons (Fsp3) is 0.500. The van der Waals surface area contributed by atoms with Gasteiger partial charge < -0.3 is 15.2 Å². The molecule has 0 aromatic carbocycles. The molecule has 0 saturated carbocycles. The minimum absolute atomic E-state index is 0.0508. The second kappa shape index (κ2) is 9.13. The monoisotopic (exact) mass is 447 g/mol. The van der Waals surface area contributed by atoms with E-state index < -0.39 is 40.2 Å². The molecule has 0 aliphatic carbocycles. The lowest BCUT2D eigenvalue weighted by atomic mass is 10.0. The van der Waals surface area contributed by atoms with Crippen LogP contribution in [0.3, 0.4) is 0 Å². The number of carbonyl (C=O) groups excluding carboxylic acids is 2. The van der Waals surface area contributed by atoms with E-state index in [4.69, 9.17) is 11.6 Å². The second-order valence-corrected chi connectivity index (χ2v) is 8.80. The van der Waals surface area contributed by atoms with Gasteiger partial charge in [0.1, 0.15) is 0 Å². The normalized spacial score (nSPS) is 26.2. The lowest BCUT2D eigenvalue weighted by Gasteiger charge is -2.12. The molecular weight excluding hydrogens is 431 g/mol. The molecule has 2 N–H and O–H groups in total. The highest BCUT2D eigenvalue weighted by atomic mass is 35.5. The van der Waals surface area contributed by atoms with Crippen molar-refractivity contribution in [3.05, 3.63) is 28.4 Å². The Balaban J connectivity index is 1.64. The number of amides is 2. The molecule has 4 unspecified atom stereocenters. The van der Waals surface area contributed by atoms with Gasteiger partial charge in [-0.05, 0) is 6.42 Å². The van der Waals surface area contributed by atoms with E-state index in [0.717, 1.165) is 12.3 Å². The summed E-state index contributed by atoms with van der Waals surface area (Å²) >= 11 is 7.46. The first-order valence-corrected chi connectivity index (χ1v) is 10.2. The molecule has 0 spiro atoms. The molecule has 3 heterocycles. The van der Waals surface area contributed by atoms with Crippen LogP contribution in [0.15, 0.2) is 17.1 Å². The number of rotatable bonds is 4. The molecule has 1 aromatic rings. The fourth-order valence-corrected chi connectivity index (χ4v) is 4.77. The van der Waals surface area contributed by atoms with Gasteiger partial charge in [0.2, 0.25) is 11.8 Å². The molecule has 2 aliphatic heterocycles. The summed E-state index contributed by atoms with van der Waals surface area (Å²) in [6, 6.07) is 0.793. The number of carbonyl (C=O) groups is 2. The maximum Gasteiger partial charge on any atom is 0.286 e. The summed E-state index contributed by atoms with van der Waals surface area (Å²) in [4.78, 5) is 35.3. The Morgan fingerprint density at radius 2 is 2.17 bits per heavy atom. The molecule has 0 radical (unpaired) electrons. The van der Waals surface area contributed by atoms with Crippen LogP contribution in [0.4, 0.5) is 18.9 Å². The Kier molecular flexibility index (Phi) is 6.80. The molecule has 0 bridgehead atoms. The van der Waals surface area contributed by atoms with Crippen LogP contribution >= 0.6 is 23.4 Å². The fourth-order valence-electron chi connectivity index (χ4n) is 3.04. The van der Waals surface area contributed by atoms with Crippen LogP contribution in [0.1, 0.15) is 12.8 Å². The molecule has 2 amide bonds. The quantitative estimate of drug-likeness (QED) is 0.546. The Bertz CT molecular complexity index is 930. The molecule has 2 aliphatic rings. The van der Waals surface area contributed by atoms with E-state index in [2.05, 4.69) is 22.5 Å². The van der Waals surface area contributed by atoms with Crippen LogP contribution < -0.4 is 16.2 Å². The maximum absolute atomic E-state index is 13.7. The van der Waals surface area contributed by atoms with Gasteiger partial charge in [0.05, 0.1) is 22.2 Å². The van der Waals surface area contributed by atoms with Crippen molar-refractivity contribution in [1.29, 1.82) is 0 Å². The topological polar surface area (TPSA) is 80.2 Å². The van der Waals surface area contributed by atoms with Gasteiger partial charge in [-0.2, -0.15) is 0 Å². The van der Waals surface area contributed by atoms with Gasteiger partial charge in [0, 0.05) is 37.1 Å². The number of nitrogens with zero attached hydrogens (tertiary/aromatic N) is 1. The van der Waals surface area contributed by atoms with E-state index in [1.165, 1.54) is 11.8 Å². The van der Waals surface area contributed by atoms with Crippen molar-refractivity contribution in [3.8, 4) is 11.8 Å². The first-order valence-electron chi connectivity index (χ1n) is 8.79. The van der Waals surface area contributed by atoms with E-state index in [9.17, 15) is 27.6 Å². The van der Waals surface area contributed by atoms with Gasteiger partial charge in [-0.25, -0.2) is 13.2 Å². The molecular formula is C18H17ClF3N3O3S. The number of anilines is 1. The molecule has 156 valence electrons. The van der Waals surface area contributed by atoms with Gasteiger partial charge >= 0.3 is 0 Å². The third-order valence-electron chi connectivity index (χ3n) is 4.47. The maximum atomic E-state index is 13.7. The van der Waals surface area contributed by atoms with Crippen molar-refractivity contribution in [1.82, 2.24) is 9.88 Å². The molecule has 6 nitrogen and oxygen atoms in total. The summed E-state index contributed by atoms with van der Waals surface area (Å²) in [5.74, 6) is 3.92. The number of alkyl halides is 3. The molecule has 4 atom stereocenters.